The second kappa shape index (κ2) is 6.80. The summed E-state index contributed by atoms with van der Waals surface area (Å²) < 4.78 is 0. The number of hydrogen-bond donors (Lipinski definition) is 3. The van der Waals surface area contributed by atoms with Crippen LogP contribution in [-0.2, 0) is 4.79 Å². The van der Waals surface area contributed by atoms with E-state index in [-0.39, 0.29) is 11.8 Å². The van der Waals surface area contributed by atoms with Crippen molar-refractivity contribution < 1.29 is 9.90 Å². The molecule has 0 radical (unpaired) electrons. The maximum atomic E-state index is 11.5. The van der Waals surface area contributed by atoms with Crippen molar-refractivity contribution in [1.29, 1.82) is 0 Å². The van der Waals surface area contributed by atoms with E-state index in [2.05, 4.69) is 10.6 Å². The van der Waals surface area contributed by atoms with Crippen molar-refractivity contribution in [3.63, 3.8) is 0 Å². The highest BCUT2D eigenvalue weighted by Gasteiger charge is 2.23. The molecule has 4 nitrogen and oxygen atoms in total. The van der Waals surface area contributed by atoms with Crippen molar-refractivity contribution in [3.05, 3.63) is 0 Å². The molecule has 0 aromatic heterocycles. The number of amides is 1. The van der Waals surface area contributed by atoms with Gasteiger partial charge in [0.15, 0.2) is 0 Å². The number of aliphatic hydroxyl groups is 1. The number of carbonyl (C=O) groups is 1. The Balaban J connectivity index is 3.98. The molecule has 0 bridgehead atoms. The van der Waals surface area contributed by atoms with Gasteiger partial charge in [0.25, 0.3) is 0 Å². The predicted octanol–water partition coefficient (Wildman–Crippen LogP) is 0.509. The molecule has 0 rings (SSSR count). The van der Waals surface area contributed by atoms with Crippen LogP contribution >= 0.6 is 0 Å². The molecule has 0 spiro atoms. The lowest BCUT2D eigenvalue weighted by Gasteiger charge is -2.26. The van der Waals surface area contributed by atoms with Gasteiger partial charge in [0, 0.05) is 19.0 Å². The zero-order chi connectivity index (χ0) is 11.9. The van der Waals surface area contributed by atoms with Gasteiger partial charge in [-0.2, -0.15) is 0 Å². The third-order valence-corrected chi connectivity index (χ3v) is 2.87. The Morgan fingerprint density at radius 1 is 1.40 bits per heavy atom. The van der Waals surface area contributed by atoms with E-state index in [1.165, 1.54) is 0 Å². The van der Waals surface area contributed by atoms with E-state index in [0.29, 0.717) is 25.9 Å². The van der Waals surface area contributed by atoms with E-state index < -0.39 is 5.60 Å². The van der Waals surface area contributed by atoms with E-state index in [9.17, 15) is 9.90 Å². The average Bonchev–Trinajstić information content (AvgIpc) is 2.25. The Bertz CT molecular complexity index is 191. The number of hydrogen-bond acceptors (Lipinski definition) is 3. The third kappa shape index (κ3) is 5.14. The van der Waals surface area contributed by atoms with Crippen LogP contribution in [0.3, 0.4) is 0 Å². The molecular weight excluding hydrogens is 192 g/mol. The summed E-state index contributed by atoms with van der Waals surface area (Å²) in [5.41, 5.74) is -0.755. The van der Waals surface area contributed by atoms with Gasteiger partial charge in [-0.1, -0.05) is 20.8 Å². The van der Waals surface area contributed by atoms with Crippen LogP contribution in [0.4, 0.5) is 0 Å². The first-order chi connectivity index (χ1) is 6.99. The Hall–Kier alpha value is -0.610. The van der Waals surface area contributed by atoms with Crippen molar-refractivity contribution in [2.75, 3.05) is 20.1 Å². The average molecular weight is 216 g/mol. The standard InChI is InChI=1S/C11H24N2O2/c1-5-11(15,6-2)8-13-10(14)9(3)7-12-4/h9,12,15H,5-8H2,1-4H3,(H,13,14). The van der Waals surface area contributed by atoms with Gasteiger partial charge in [-0.15, -0.1) is 0 Å². The van der Waals surface area contributed by atoms with Gasteiger partial charge in [0.05, 0.1) is 5.60 Å². The fourth-order valence-electron chi connectivity index (χ4n) is 1.32. The van der Waals surface area contributed by atoms with Crippen LogP contribution in [0.25, 0.3) is 0 Å². The van der Waals surface area contributed by atoms with Gasteiger partial charge in [-0.25, -0.2) is 0 Å². The summed E-state index contributed by atoms with van der Waals surface area (Å²) in [6, 6.07) is 0. The summed E-state index contributed by atoms with van der Waals surface area (Å²) in [6.45, 7) is 6.71. The maximum Gasteiger partial charge on any atom is 0.224 e. The molecule has 15 heavy (non-hydrogen) atoms. The Morgan fingerprint density at radius 3 is 2.33 bits per heavy atom. The molecule has 0 heterocycles. The molecular formula is C11H24N2O2. The number of carbonyl (C=O) groups excluding carboxylic acids is 1. The van der Waals surface area contributed by atoms with Crippen molar-refractivity contribution in [1.82, 2.24) is 10.6 Å². The van der Waals surface area contributed by atoms with Crippen LogP contribution in [0, 0.1) is 5.92 Å². The minimum absolute atomic E-state index is 0.00956. The lowest BCUT2D eigenvalue weighted by atomic mass is 9.97. The molecule has 0 saturated carbocycles. The molecule has 1 atom stereocenters. The quantitative estimate of drug-likeness (QED) is 0.581. The highest BCUT2D eigenvalue weighted by atomic mass is 16.3. The Morgan fingerprint density at radius 2 is 1.93 bits per heavy atom. The third-order valence-electron chi connectivity index (χ3n) is 2.87. The second-order valence-electron chi connectivity index (χ2n) is 4.11. The first-order valence-corrected chi connectivity index (χ1v) is 5.63. The van der Waals surface area contributed by atoms with Gasteiger partial charge in [0.2, 0.25) is 5.91 Å². The van der Waals surface area contributed by atoms with Crippen molar-refractivity contribution in [2.24, 2.45) is 5.92 Å². The van der Waals surface area contributed by atoms with E-state index in [0.717, 1.165) is 0 Å². The van der Waals surface area contributed by atoms with E-state index in [1.54, 1.807) is 0 Å². The molecule has 4 heteroatoms. The molecule has 90 valence electrons. The fourth-order valence-corrected chi connectivity index (χ4v) is 1.32. The van der Waals surface area contributed by atoms with Crippen molar-refractivity contribution in [2.45, 2.75) is 39.2 Å². The molecule has 3 N–H and O–H groups in total. The molecule has 0 aromatic carbocycles. The Labute approximate surface area is 92.4 Å². The molecule has 1 amide bonds. The molecule has 0 aliphatic heterocycles. The zero-order valence-corrected chi connectivity index (χ0v) is 10.3. The van der Waals surface area contributed by atoms with Crippen LogP contribution < -0.4 is 10.6 Å². The Kier molecular flexibility index (Phi) is 6.52. The minimum atomic E-state index is -0.755. The maximum absolute atomic E-state index is 11.5. The predicted molar refractivity (Wildman–Crippen MR) is 61.6 cm³/mol. The molecule has 0 aromatic rings. The van der Waals surface area contributed by atoms with Crippen LogP contribution in [0.1, 0.15) is 33.6 Å². The van der Waals surface area contributed by atoms with Crippen LogP contribution in [0.2, 0.25) is 0 Å². The van der Waals surface area contributed by atoms with E-state index >= 15 is 0 Å². The van der Waals surface area contributed by atoms with Crippen LogP contribution in [-0.4, -0.2) is 36.8 Å². The zero-order valence-electron chi connectivity index (χ0n) is 10.3. The van der Waals surface area contributed by atoms with Gasteiger partial charge >= 0.3 is 0 Å². The summed E-state index contributed by atoms with van der Waals surface area (Å²) >= 11 is 0. The second-order valence-corrected chi connectivity index (χ2v) is 4.11. The fraction of sp³-hybridized carbons (Fsp3) is 0.909. The first kappa shape index (κ1) is 14.4. The van der Waals surface area contributed by atoms with Gasteiger partial charge in [-0.3, -0.25) is 4.79 Å². The van der Waals surface area contributed by atoms with Gasteiger partial charge < -0.3 is 15.7 Å². The van der Waals surface area contributed by atoms with Gasteiger partial charge in [-0.05, 0) is 19.9 Å². The summed E-state index contributed by atoms with van der Waals surface area (Å²) in [6.07, 6.45) is 1.31. The van der Waals surface area contributed by atoms with Crippen molar-refractivity contribution in [3.8, 4) is 0 Å². The lowest BCUT2D eigenvalue weighted by molar-refractivity contribution is -0.125. The molecule has 1 unspecified atom stereocenters. The molecule has 0 saturated heterocycles. The summed E-state index contributed by atoms with van der Waals surface area (Å²) in [5, 5.41) is 15.7. The smallest absolute Gasteiger partial charge is 0.224 e. The van der Waals surface area contributed by atoms with Crippen LogP contribution in [0.5, 0.6) is 0 Å². The molecule has 0 fully saturated rings. The minimum Gasteiger partial charge on any atom is -0.388 e. The monoisotopic (exact) mass is 216 g/mol. The normalized spacial score (nSPS) is 13.7. The van der Waals surface area contributed by atoms with E-state index in [4.69, 9.17) is 0 Å². The van der Waals surface area contributed by atoms with E-state index in [1.807, 2.05) is 27.8 Å². The van der Waals surface area contributed by atoms with Gasteiger partial charge in [0.1, 0.15) is 0 Å². The highest BCUT2D eigenvalue weighted by molar-refractivity contribution is 5.78. The first-order valence-electron chi connectivity index (χ1n) is 5.63. The summed E-state index contributed by atoms with van der Waals surface area (Å²) in [5.74, 6) is -0.0716. The van der Waals surface area contributed by atoms with Crippen molar-refractivity contribution >= 4 is 5.91 Å². The summed E-state index contributed by atoms with van der Waals surface area (Å²) in [7, 11) is 1.82. The SMILES string of the molecule is CCC(O)(CC)CNC(=O)C(C)CNC. The molecule has 0 aliphatic rings. The topological polar surface area (TPSA) is 61.4 Å². The van der Waals surface area contributed by atoms with Crippen LogP contribution in [0.15, 0.2) is 0 Å². The summed E-state index contributed by atoms with van der Waals surface area (Å²) in [4.78, 5) is 11.5. The largest absolute Gasteiger partial charge is 0.388 e. The number of nitrogens with one attached hydrogen (secondary N) is 2. The molecule has 0 aliphatic carbocycles. The lowest BCUT2D eigenvalue weighted by Crippen LogP contribution is -2.44. The number of rotatable bonds is 7. The highest BCUT2D eigenvalue weighted by Crippen LogP contribution is 2.12.